The van der Waals surface area contributed by atoms with Crippen LogP contribution in [0, 0.1) is 6.92 Å². The van der Waals surface area contributed by atoms with Crippen LogP contribution in [0.4, 0.5) is 0 Å². The molecule has 0 saturated carbocycles. The number of carboxylic acids is 1. The molecule has 4 heteroatoms. The molecule has 0 radical (unpaired) electrons. The Labute approximate surface area is 107 Å². The average molecular weight is 252 g/mol. The van der Waals surface area contributed by atoms with Gasteiger partial charge in [-0.25, -0.2) is 4.79 Å². The summed E-state index contributed by atoms with van der Waals surface area (Å²) in [5.74, 6) is -0.476. The van der Waals surface area contributed by atoms with Gasteiger partial charge in [-0.2, -0.15) is 0 Å². The number of benzene rings is 1. The summed E-state index contributed by atoms with van der Waals surface area (Å²) in [7, 11) is 0. The summed E-state index contributed by atoms with van der Waals surface area (Å²) >= 11 is 0. The predicted octanol–water partition coefficient (Wildman–Crippen LogP) is 2.62. The van der Waals surface area contributed by atoms with E-state index in [1.54, 1.807) is 6.07 Å². The Morgan fingerprint density at radius 2 is 1.94 bits per heavy atom. The van der Waals surface area contributed by atoms with Gasteiger partial charge in [0.2, 0.25) is 0 Å². The van der Waals surface area contributed by atoms with Gasteiger partial charge in [0.1, 0.15) is 12.4 Å². The van der Waals surface area contributed by atoms with Crippen molar-refractivity contribution in [3.05, 3.63) is 29.3 Å². The molecule has 0 bridgehead atoms. The van der Waals surface area contributed by atoms with E-state index in [0.29, 0.717) is 18.6 Å². The second kappa shape index (κ2) is 5.87. The van der Waals surface area contributed by atoms with Crippen LogP contribution in [-0.4, -0.2) is 28.4 Å². The molecule has 1 aromatic carbocycles. The molecule has 0 atom stereocenters. The molecule has 0 fully saturated rings. The molecule has 0 heterocycles. The van der Waals surface area contributed by atoms with E-state index < -0.39 is 11.6 Å². The van der Waals surface area contributed by atoms with Crippen LogP contribution in [0.15, 0.2) is 18.2 Å². The Hall–Kier alpha value is -1.55. The van der Waals surface area contributed by atoms with Gasteiger partial charge in [0.25, 0.3) is 0 Å². The zero-order valence-corrected chi connectivity index (χ0v) is 11.1. The van der Waals surface area contributed by atoms with Crippen LogP contribution in [0.5, 0.6) is 5.75 Å². The van der Waals surface area contributed by atoms with Crippen LogP contribution >= 0.6 is 0 Å². The largest absolute Gasteiger partial charge is 0.490 e. The van der Waals surface area contributed by atoms with E-state index in [-0.39, 0.29) is 12.2 Å². The highest BCUT2D eigenvalue weighted by molar-refractivity contribution is 5.88. The van der Waals surface area contributed by atoms with Crippen LogP contribution in [-0.2, 0) is 0 Å². The van der Waals surface area contributed by atoms with Crippen molar-refractivity contribution in [3.63, 3.8) is 0 Å². The van der Waals surface area contributed by atoms with E-state index in [2.05, 4.69) is 0 Å². The van der Waals surface area contributed by atoms with Gasteiger partial charge in [0.05, 0.1) is 11.2 Å². The molecule has 1 rings (SSSR count). The Balaban J connectivity index is 2.84. The van der Waals surface area contributed by atoms with Crippen molar-refractivity contribution >= 4 is 5.97 Å². The summed E-state index contributed by atoms with van der Waals surface area (Å²) in [6.45, 7) is 5.81. The third kappa shape index (κ3) is 3.47. The second-order valence-electron chi connectivity index (χ2n) is 4.51. The lowest BCUT2D eigenvalue weighted by Gasteiger charge is -2.25. The first-order chi connectivity index (χ1) is 8.41. The van der Waals surface area contributed by atoms with Crippen molar-refractivity contribution in [2.45, 2.75) is 39.2 Å². The SMILES string of the molecule is CCC(O)(CC)COc1cc(C(=O)O)ccc1C. The lowest BCUT2D eigenvalue weighted by Crippen LogP contribution is -2.34. The number of hydrogen-bond acceptors (Lipinski definition) is 3. The Bertz CT molecular complexity index is 422. The fraction of sp³-hybridized carbons (Fsp3) is 0.500. The maximum Gasteiger partial charge on any atom is 0.335 e. The first-order valence-corrected chi connectivity index (χ1v) is 6.11. The van der Waals surface area contributed by atoms with E-state index >= 15 is 0 Å². The molecular formula is C14H20O4. The van der Waals surface area contributed by atoms with Gasteiger partial charge < -0.3 is 14.9 Å². The number of ether oxygens (including phenoxy) is 1. The van der Waals surface area contributed by atoms with Crippen molar-refractivity contribution in [3.8, 4) is 5.75 Å². The molecule has 100 valence electrons. The number of aryl methyl sites for hydroxylation is 1. The molecule has 4 nitrogen and oxygen atoms in total. The lowest BCUT2D eigenvalue weighted by atomic mass is 9.99. The van der Waals surface area contributed by atoms with Gasteiger partial charge >= 0.3 is 5.97 Å². The number of carboxylic acid groups (broad SMARTS) is 1. The van der Waals surface area contributed by atoms with E-state index in [0.717, 1.165) is 5.56 Å². The Morgan fingerprint density at radius 1 is 1.33 bits per heavy atom. The zero-order valence-electron chi connectivity index (χ0n) is 11.1. The van der Waals surface area contributed by atoms with Crippen molar-refractivity contribution in [2.75, 3.05) is 6.61 Å². The van der Waals surface area contributed by atoms with E-state index in [1.165, 1.54) is 12.1 Å². The van der Waals surface area contributed by atoms with Gasteiger partial charge in [0.15, 0.2) is 0 Å². The summed E-state index contributed by atoms with van der Waals surface area (Å²) in [6, 6.07) is 4.73. The maximum absolute atomic E-state index is 10.9. The third-order valence-corrected chi connectivity index (χ3v) is 3.25. The number of hydrogen-bond donors (Lipinski definition) is 2. The highest BCUT2D eigenvalue weighted by atomic mass is 16.5. The molecule has 0 aliphatic rings. The molecule has 0 aliphatic carbocycles. The van der Waals surface area contributed by atoms with Gasteiger partial charge in [-0.05, 0) is 37.5 Å². The van der Waals surface area contributed by atoms with Gasteiger partial charge in [-0.15, -0.1) is 0 Å². The van der Waals surface area contributed by atoms with Gasteiger partial charge in [0, 0.05) is 0 Å². The molecule has 0 spiro atoms. The second-order valence-corrected chi connectivity index (χ2v) is 4.51. The first-order valence-electron chi connectivity index (χ1n) is 6.11. The maximum atomic E-state index is 10.9. The minimum atomic E-state index is -0.985. The number of rotatable bonds is 6. The Morgan fingerprint density at radius 3 is 2.44 bits per heavy atom. The highest BCUT2D eigenvalue weighted by Crippen LogP contribution is 2.23. The van der Waals surface area contributed by atoms with E-state index in [4.69, 9.17) is 9.84 Å². The molecule has 0 unspecified atom stereocenters. The third-order valence-electron chi connectivity index (χ3n) is 3.25. The van der Waals surface area contributed by atoms with E-state index in [9.17, 15) is 9.90 Å². The normalized spacial score (nSPS) is 11.3. The van der Waals surface area contributed by atoms with Gasteiger partial charge in [-0.3, -0.25) is 0 Å². The molecule has 0 aliphatic heterocycles. The molecule has 2 N–H and O–H groups in total. The first kappa shape index (κ1) is 14.5. The molecule has 0 amide bonds. The number of aliphatic hydroxyl groups is 1. The van der Waals surface area contributed by atoms with Crippen molar-refractivity contribution in [1.82, 2.24) is 0 Å². The summed E-state index contributed by atoms with van der Waals surface area (Å²) in [6.07, 6.45) is 1.20. The van der Waals surface area contributed by atoms with Gasteiger partial charge in [-0.1, -0.05) is 19.9 Å². The van der Waals surface area contributed by atoms with Crippen LogP contribution in [0.1, 0.15) is 42.6 Å². The Kier molecular flexibility index (Phi) is 4.73. The number of carbonyl (C=O) groups is 1. The molecular weight excluding hydrogens is 232 g/mol. The summed E-state index contributed by atoms with van der Waals surface area (Å²) in [5, 5.41) is 19.0. The topological polar surface area (TPSA) is 66.8 Å². The predicted molar refractivity (Wildman–Crippen MR) is 69.2 cm³/mol. The minimum Gasteiger partial charge on any atom is -0.490 e. The molecule has 0 aromatic heterocycles. The summed E-state index contributed by atoms with van der Waals surface area (Å²) in [4.78, 5) is 10.9. The summed E-state index contributed by atoms with van der Waals surface area (Å²) < 4.78 is 5.56. The molecule has 0 saturated heterocycles. The zero-order chi connectivity index (χ0) is 13.8. The fourth-order valence-electron chi connectivity index (χ4n) is 1.55. The molecule has 1 aromatic rings. The fourth-order valence-corrected chi connectivity index (χ4v) is 1.55. The molecule has 18 heavy (non-hydrogen) atoms. The monoisotopic (exact) mass is 252 g/mol. The van der Waals surface area contributed by atoms with E-state index in [1.807, 2.05) is 20.8 Å². The van der Waals surface area contributed by atoms with Crippen molar-refractivity contribution < 1.29 is 19.7 Å². The standard InChI is InChI=1S/C14H20O4/c1-4-14(17,5-2)9-18-12-8-11(13(15)16)7-6-10(12)3/h6-8,17H,4-5,9H2,1-3H3,(H,15,16). The van der Waals surface area contributed by atoms with Crippen LogP contribution in [0.25, 0.3) is 0 Å². The number of aromatic carboxylic acids is 1. The minimum absolute atomic E-state index is 0.171. The van der Waals surface area contributed by atoms with Crippen LogP contribution < -0.4 is 4.74 Å². The van der Waals surface area contributed by atoms with Crippen LogP contribution in [0.2, 0.25) is 0 Å². The quantitative estimate of drug-likeness (QED) is 0.816. The smallest absolute Gasteiger partial charge is 0.335 e. The average Bonchev–Trinajstić information content (AvgIpc) is 2.37. The van der Waals surface area contributed by atoms with Crippen molar-refractivity contribution in [2.24, 2.45) is 0 Å². The lowest BCUT2D eigenvalue weighted by molar-refractivity contribution is -0.0115. The van der Waals surface area contributed by atoms with Crippen molar-refractivity contribution in [1.29, 1.82) is 0 Å². The van der Waals surface area contributed by atoms with Crippen LogP contribution in [0.3, 0.4) is 0 Å². The summed E-state index contributed by atoms with van der Waals surface area (Å²) in [5.41, 5.74) is 0.188. The highest BCUT2D eigenvalue weighted by Gasteiger charge is 2.23.